The van der Waals surface area contributed by atoms with Crippen molar-refractivity contribution >= 4 is 5.84 Å². The number of nitrogens with zero attached hydrogens (tertiary/aromatic N) is 3. The van der Waals surface area contributed by atoms with Gasteiger partial charge in [-0.15, -0.1) is 0 Å². The van der Waals surface area contributed by atoms with Gasteiger partial charge in [0.15, 0.2) is 5.66 Å². The van der Waals surface area contributed by atoms with E-state index in [-0.39, 0.29) is 0 Å². The zero-order valence-electron chi connectivity index (χ0n) is 13.0. The van der Waals surface area contributed by atoms with Crippen LogP contribution in [0.15, 0.2) is 35.6 Å². The van der Waals surface area contributed by atoms with Crippen LogP contribution in [0.5, 0.6) is 0 Å². The van der Waals surface area contributed by atoms with Crippen molar-refractivity contribution in [3.63, 3.8) is 0 Å². The molecule has 23 heavy (non-hydrogen) atoms. The van der Waals surface area contributed by atoms with Crippen LogP contribution in [-0.2, 0) is 4.74 Å². The monoisotopic (exact) mass is 314 g/mol. The lowest BCUT2D eigenvalue weighted by atomic mass is 9.87. The molecule has 1 aliphatic carbocycles. The van der Waals surface area contributed by atoms with Crippen molar-refractivity contribution in [3.8, 4) is 0 Å². The van der Waals surface area contributed by atoms with E-state index >= 15 is 0 Å². The Bertz CT molecular complexity index is 621. The Balaban J connectivity index is 1.65. The summed E-state index contributed by atoms with van der Waals surface area (Å²) in [5.41, 5.74) is 7.91. The molecule has 7 nitrogen and oxygen atoms in total. The quantitative estimate of drug-likeness (QED) is 0.749. The van der Waals surface area contributed by atoms with E-state index in [0.717, 1.165) is 43.2 Å². The maximum atomic E-state index is 6.82. The molecule has 4 N–H and O–H groups in total. The average Bonchev–Trinajstić information content (AvgIpc) is 3.08. The zero-order valence-corrected chi connectivity index (χ0v) is 13.0. The molecule has 3 aliphatic rings. The second-order valence-electron chi connectivity index (χ2n) is 6.48. The van der Waals surface area contributed by atoms with Crippen molar-refractivity contribution in [1.29, 1.82) is 0 Å². The van der Waals surface area contributed by atoms with Crippen LogP contribution in [0.25, 0.3) is 0 Å². The van der Waals surface area contributed by atoms with Gasteiger partial charge >= 0.3 is 0 Å². The lowest BCUT2D eigenvalue weighted by Crippen LogP contribution is -2.58. The van der Waals surface area contributed by atoms with Gasteiger partial charge in [0.1, 0.15) is 12.2 Å². The first-order chi connectivity index (χ1) is 11.3. The molecule has 4 rings (SSSR count). The lowest BCUT2D eigenvalue weighted by molar-refractivity contribution is -0.00309. The Morgan fingerprint density at radius 1 is 1.22 bits per heavy atom. The van der Waals surface area contributed by atoms with Crippen molar-refractivity contribution in [2.45, 2.75) is 37.4 Å². The number of rotatable bonds is 4. The highest BCUT2D eigenvalue weighted by molar-refractivity contribution is 6.00. The lowest BCUT2D eigenvalue weighted by Gasteiger charge is -2.40. The van der Waals surface area contributed by atoms with Gasteiger partial charge in [-0.3, -0.25) is 0 Å². The number of ether oxygens (including phenoxy) is 1. The summed E-state index contributed by atoms with van der Waals surface area (Å²) in [4.78, 5) is 13.0. The topological polar surface area (TPSA) is 97.5 Å². The molecule has 122 valence electrons. The Kier molecular flexibility index (Phi) is 3.74. The Labute approximate surface area is 135 Å². The summed E-state index contributed by atoms with van der Waals surface area (Å²) in [5, 5.41) is 6.75. The summed E-state index contributed by atoms with van der Waals surface area (Å²) in [5.74, 6) is 1.08. The van der Waals surface area contributed by atoms with Crippen LogP contribution in [0, 0.1) is 5.92 Å². The van der Waals surface area contributed by atoms with Crippen molar-refractivity contribution < 1.29 is 4.74 Å². The van der Waals surface area contributed by atoms with Crippen molar-refractivity contribution in [2.75, 3.05) is 13.2 Å². The van der Waals surface area contributed by atoms with Gasteiger partial charge in [0, 0.05) is 24.5 Å². The highest BCUT2D eigenvalue weighted by atomic mass is 16.5. The molecular formula is C16H22N6O. The molecule has 2 fully saturated rings. The van der Waals surface area contributed by atoms with Crippen LogP contribution in [0.4, 0.5) is 0 Å². The molecule has 1 saturated carbocycles. The van der Waals surface area contributed by atoms with Gasteiger partial charge in [-0.1, -0.05) is 12.8 Å². The second kappa shape index (κ2) is 5.90. The zero-order chi connectivity index (χ0) is 15.7. The van der Waals surface area contributed by atoms with E-state index < -0.39 is 5.66 Å². The molecule has 7 heteroatoms. The molecule has 0 radical (unpaired) electrons. The second-order valence-corrected chi connectivity index (χ2v) is 6.48. The fourth-order valence-corrected chi connectivity index (χ4v) is 3.48. The fraction of sp³-hybridized carbons (Fsp3) is 0.562. The first-order valence-electron chi connectivity index (χ1n) is 8.21. The Hall–Kier alpha value is -1.99. The first kappa shape index (κ1) is 14.6. The Morgan fingerprint density at radius 3 is 2.61 bits per heavy atom. The average molecular weight is 314 g/mol. The summed E-state index contributed by atoms with van der Waals surface area (Å²) >= 11 is 0. The molecule has 0 amide bonds. The number of nitrogens with two attached hydrogens (primary N) is 1. The third kappa shape index (κ3) is 2.70. The van der Waals surface area contributed by atoms with E-state index in [4.69, 9.17) is 15.5 Å². The standard InChI is InChI=1S/C16H22N6O/c17-16(12-3-1-2-4-12)14(21-13-8-23-9-13)7-20-15(22-16)11-5-18-10-19-6-11/h5-7,10,12-13,21H,1-4,8-9,17H2,(H,20,22). The van der Waals surface area contributed by atoms with Crippen molar-refractivity contribution in [2.24, 2.45) is 16.6 Å². The number of nitrogens with one attached hydrogen (secondary N) is 2. The van der Waals surface area contributed by atoms with E-state index in [1.807, 2.05) is 6.20 Å². The molecule has 0 bridgehead atoms. The normalized spacial score (nSPS) is 28.6. The summed E-state index contributed by atoms with van der Waals surface area (Å²) < 4.78 is 5.26. The fourth-order valence-electron chi connectivity index (χ4n) is 3.48. The van der Waals surface area contributed by atoms with Crippen molar-refractivity contribution in [3.05, 3.63) is 36.2 Å². The number of aromatic nitrogens is 2. The predicted molar refractivity (Wildman–Crippen MR) is 86.4 cm³/mol. The third-order valence-electron chi connectivity index (χ3n) is 4.89. The minimum Gasteiger partial charge on any atom is -0.377 e. The third-order valence-corrected chi connectivity index (χ3v) is 4.89. The SMILES string of the molecule is NC1(C2CCCC2)N=C(c2cncnc2)NC=C1NC1COC1. The van der Waals surface area contributed by atoms with E-state index in [9.17, 15) is 0 Å². The van der Waals surface area contributed by atoms with E-state index in [2.05, 4.69) is 20.6 Å². The van der Waals surface area contributed by atoms with Gasteiger partial charge in [-0.2, -0.15) is 0 Å². The van der Waals surface area contributed by atoms with Crippen LogP contribution in [0.1, 0.15) is 31.2 Å². The van der Waals surface area contributed by atoms with Gasteiger partial charge in [0.25, 0.3) is 0 Å². The smallest absolute Gasteiger partial charge is 0.154 e. The van der Waals surface area contributed by atoms with Gasteiger partial charge in [0.2, 0.25) is 0 Å². The van der Waals surface area contributed by atoms with Crippen molar-refractivity contribution in [1.82, 2.24) is 20.6 Å². The predicted octanol–water partition coefficient (Wildman–Crippen LogP) is 0.501. The molecule has 0 spiro atoms. The maximum Gasteiger partial charge on any atom is 0.154 e. The molecule has 3 heterocycles. The minimum atomic E-state index is -0.720. The van der Waals surface area contributed by atoms with Crippen LogP contribution >= 0.6 is 0 Å². The molecule has 0 aromatic carbocycles. The van der Waals surface area contributed by atoms with E-state index in [1.54, 1.807) is 12.4 Å². The maximum absolute atomic E-state index is 6.82. The molecule has 1 atom stereocenters. The number of aliphatic imine (C=N–C) groups is 1. The molecule has 2 aliphatic heterocycles. The summed E-state index contributed by atoms with van der Waals surface area (Å²) in [6.07, 6.45) is 11.6. The van der Waals surface area contributed by atoms with Gasteiger partial charge in [-0.25, -0.2) is 15.0 Å². The number of hydrogen-bond acceptors (Lipinski definition) is 7. The van der Waals surface area contributed by atoms with Crippen LogP contribution in [-0.4, -0.2) is 40.7 Å². The molecular weight excluding hydrogens is 292 g/mol. The number of hydrogen-bond donors (Lipinski definition) is 3. The minimum absolute atomic E-state index is 0.323. The van der Waals surface area contributed by atoms with Crippen LogP contribution in [0.2, 0.25) is 0 Å². The van der Waals surface area contributed by atoms with Gasteiger partial charge < -0.3 is 21.1 Å². The molecule has 1 saturated heterocycles. The largest absolute Gasteiger partial charge is 0.377 e. The number of amidine groups is 1. The molecule has 1 unspecified atom stereocenters. The molecule has 1 aromatic rings. The first-order valence-corrected chi connectivity index (χ1v) is 8.21. The highest BCUT2D eigenvalue weighted by Gasteiger charge is 2.43. The molecule has 1 aromatic heterocycles. The van der Waals surface area contributed by atoms with E-state index in [0.29, 0.717) is 12.0 Å². The van der Waals surface area contributed by atoms with E-state index in [1.165, 1.54) is 19.2 Å². The summed E-state index contributed by atoms with van der Waals surface area (Å²) in [6.45, 7) is 1.45. The van der Waals surface area contributed by atoms with Gasteiger partial charge in [-0.05, 0) is 12.8 Å². The summed E-state index contributed by atoms with van der Waals surface area (Å²) in [6, 6.07) is 0.323. The van der Waals surface area contributed by atoms with Crippen LogP contribution in [0.3, 0.4) is 0 Å². The van der Waals surface area contributed by atoms with Crippen LogP contribution < -0.4 is 16.4 Å². The highest BCUT2D eigenvalue weighted by Crippen LogP contribution is 2.38. The Morgan fingerprint density at radius 2 is 1.96 bits per heavy atom. The summed E-state index contributed by atoms with van der Waals surface area (Å²) in [7, 11) is 0. The van der Waals surface area contributed by atoms with Gasteiger partial charge in [0.05, 0.1) is 30.5 Å².